The normalized spacial score (nSPS) is 16.1. The van der Waals surface area contributed by atoms with Crippen molar-refractivity contribution in [2.45, 2.75) is 42.7 Å². The average Bonchev–Trinajstić information content (AvgIpc) is 3.56. The first-order valence-electron chi connectivity index (χ1n) is 11.8. The van der Waals surface area contributed by atoms with Crippen molar-refractivity contribution in [1.82, 2.24) is 20.0 Å². The smallest absolute Gasteiger partial charge is 0.323 e. The molecule has 0 spiro atoms. The van der Waals surface area contributed by atoms with Gasteiger partial charge in [-0.25, -0.2) is 13.4 Å². The van der Waals surface area contributed by atoms with Crippen LogP contribution in [0, 0.1) is 0 Å². The second-order valence-corrected chi connectivity index (χ2v) is 10.2. The number of anilines is 1. The molecule has 1 aromatic heterocycles. The third-order valence-corrected chi connectivity index (χ3v) is 7.31. The number of carboxylic acid groups (broad SMARTS) is 1. The van der Waals surface area contributed by atoms with Gasteiger partial charge in [0, 0.05) is 37.3 Å². The molecule has 2 unspecified atom stereocenters. The molecule has 0 saturated heterocycles. The maximum atomic E-state index is 13.0. The summed E-state index contributed by atoms with van der Waals surface area (Å²) in [7, 11) is -4.17. The van der Waals surface area contributed by atoms with E-state index in [2.05, 4.69) is 30.5 Å². The number of aromatic amines is 1. The summed E-state index contributed by atoms with van der Waals surface area (Å²) in [6.45, 7) is 0.278. The summed E-state index contributed by atoms with van der Waals surface area (Å²) in [6, 6.07) is 10.1. The Morgan fingerprint density at radius 2 is 2.00 bits per heavy atom. The van der Waals surface area contributed by atoms with Crippen LogP contribution in [-0.4, -0.2) is 66.3 Å². The lowest BCUT2D eigenvalue weighted by Gasteiger charge is -2.17. The minimum absolute atomic E-state index is 0.0277. The molecule has 196 valence electrons. The number of rotatable bonds is 13. The van der Waals surface area contributed by atoms with Crippen LogP contribution in [0.3, 0.4) is 0 Å². The molecule has 1 aliphatic rings. The molecule has 2 heterocycles. The first-order chi connectivity index (χ1) is 17.8. The minimum Gasteiger partial charge on any atom is -0.480 e. The number of aromatic nitrogens is 2. The number of carbonyl (C=O) groups is 2. The zero-order valence-electron chi connectivity index (χ0n) is 19.9. The van der Waals surface area contributed by atoms with Crippen LogP contribution < -0.4 is 15.4 Å². The lowest BCUT2D eigenvalue weighted by atomic mass is 10.1. The van der Waals surface area contributed by atoms with Gasteiger partial charge in [-0.15, -0.1) is 0 Å². The van der Waals surface area contributed by atoms with E-state index < -0.39 is 40.6 Å². The summed E-state index contributed by atoms with van der Waals surface area (Å²) in [6.07, 6.45) is 4.90. The van der Waals surface area contributed by atoms with E-state index in [4.69, 9.17) is 4.84 Å². The number of sulfonamides is 1. The van der Waals surface area contributed by atoms with E-state index >= 15 is 0 Å². The number of carboxylic acids is 1. The Morgan fingerprint density at radius 3 is 2.78 bits per heavy atom. The van der Waals surface area contributed by atoms with Crippen molar-refractivity contribution in [3.05, 3.63) is 54.9 Å². The summed E-state index contributed by atoms with van der Waals surface area (Å²) in [5, 5.41) is 20.4. The highest BCUT2D eigenvalue weighted by atomic mass is 32.2. The second-order valence-electron chi connectivity index (χ2n) is 8.55. The summed E-state index contributed by atoms with van der Waals surface area (Å²) < 4.78 is 28.1. The Bertz CT molecular complexity index is 1370. The number of nitrogens with zero attached hydrogens (tertiary/aromatic N) is 2. The second kappa shape index (κ2) is 11.8. The minimum atomic E-state index is -4.17. The maximum Gasteiger partial charge on any atom is 0.323 e. The van der Waals surface area contributed by atoms with Gasteiger partial charge in [0.1, 0.15) is 12.1 Å². The van der Waals surface area contributed by atoms with Crippen LogP contribution in [0.4, 0.5) is 5.95 Å². The van der Waals surface area contributed by atoms with E-state index in [0.717, 1.165) is 12.1 Å². The molecule has 12 nitrogen and oxygen atoms in total. The van der Waals surface area contributed by atoms with Crippen LogP contribution in [0.25, 0.3) is 10.8 Å². The van der Waals surface area contributed by atoms with E-state index in [0.29, 0.717) is 36.1 Å². The van der Waals surface area contributed by atoms with Gasteiger partial charge in [0.05, 0.1) is 17.0 Å². The van der Waals surface area contributed by atoms with Crippen molar-refractivity contribution in [3.8, 4) is 0 Å². The van der Waals surface area contributed by atoms with Crippen molar-refractivity contribution in [1.29, 1.82) is 0 Å². The number of amides is 1. The number of H-pyrrole nitrogens is 1. The number of imidazole rings is 1. The monoisotopic (exact) mass is 528 g/mol. The van der Waals surface area contributed by atoms with Crippen molar-refractivity contribution in [3.63, 3.8) is 0 Å². The quantitative estimate of drug-likeness (QED) is 0.209. The number of carbonyl (C=O) groups excluding carboxylic acids is 1. The van der Waals surface area contributed by atoms with E-state index in [1.807, 2.05) is 0 Å². The van der Waals surface area contributed by atoms with Gasteiger partial charge in [-0.2, -0.15) is 4.72 Å². The molecule has 5 N–H and O–H groups in total. The van der Waals surface area contributed by atoms with Gasteiger partial charge in [0.25, 0.3) is 0 Å². The van der Waals surface area contributed by atoms with Crippen molar-refractivity contribution >= 4 is 44.3 Å². The fraction of sp³-hybridized carbons (Fsp3) is 0.333. The molecule has 0 fully saturated rings. The summed E-state index contributed by atoms with van der Waals surface area (Å²) in [5.41, 5.74) is 0.838. The van der Waals surface area contributed by atoms with Gasteiger partial charge in [-0.3, -0.25) is 9.59 Å². The Labute approximate surface area is 213 Å². The first kappa shape index (κ1) is 26.1. The lowest BCUT2D eigenvalue weighted by molar-refractivity contribution is -0.138. The Kier molecular flexibility index (Phi) is 8.36. The van der Waals surface area contributed by atoms with Gasteiger partial charge in [0.2, 0.25) is 15.9 Å². The molecule has 13 heteroatoms. The van der Waals surface area contributed by atoms with Crippen LogP contribution in [0.5, 0.6) is 0 Å². The number of hydrogen-bond acceptors (Lipinski definition) is 8. The Hall–Kier alpha value is -3.97. The number of hydrogen-bond donors (Lipinski definition) is 5. The fourth-order valence-corrected chi connectivity index (χ4v) is 5.38. The number of oxime groups is 1. The largest absolute Gasteiger partial charge is 0.480 e. The number of fused-ring (bicyclic) bond motifs is 1. The molecular weight excluding hydrogens is 500 g/mol. The van der Waals surface area contributed by atoms with E-state index in [9.17, 15) is 23.1 Å². The van der Waals surface area contributed by atoms with E-state index in [1.165, 1.54) is 6.07 Å². The Morgan fingerprint density at radius 1 is 1.19 bits per heavy atom. The topological polar surface area (TPSA) is 175 Å². The molecule has 1 aliphatic heterocycles. The van der Waals surface area contributed by atoms with Crippen LogP contribution >= 0.6 is 0 Å². The molecule has 2 atom stereocenters. The highest BCUT2D eigenvalue weighted by Gasteiger charge is 2.28. The van der Waals surface area contributed by atoms with Crippen molar-refractivity contribution < 1.29 is 28.0 Å². The predicted molar refractivity (Wildman–Crippen MR) is 137 cm³/mol. The first-order valence-corrected chi connectivity index (χ1v) is 13.2. The number of aliphatic carboxylic acids is 1. The molecule has 4 rings (SSSR count). The van der Waals surface area contributed by atoms with E-state index in [-0.39, 0.29) is 11.3 Å². The molecule has 0 radical (unpaired) electrons. The number of nitrogens with one attached hydrogen (secondary N) is 4. The molecular formula is C24H28N6O6S. The molecule has 3 aromatic rings. The molecule has 37 heavy (non-hydrogen) atoms. The van der Waals surface area contributed by atoms with Crippen LogP contribution in [0.15, 0.2) is 64.9 Å². The third-order valence-electron chi connectivity index (χ3n) is 5.78. The highest BCUT2D eigenvalue weighted by molar-refractivity contribution is 7.89. The molecule has 0 aliphatic carbocycles. The Balaban J connectivity index is 1.23. The summed E-state index contributed by atoms with van der Waals surface area (Å²) in [5.74, 6) is -1.18. The highest BCUT2D eigenvalue weighted by Crippen LogP contribution is 2.23. The zero-order valence-corrected chi connectivity index (χ0v) is 20.7. The van der Waals surface area contributed by atoms with Gasteiger partial charge in [-0.1, -0.05) is 41.6 Å². The molecule has 0 saturated carbocycles. The van der Waals surface area contributed by atoms with Gasteiger partial charge in [-0.05, 0) is 24.3 Å². The van der Waals surface area contributed by atoms with Gasteiger partial charge < -0.3 is 25.6 Å². The van der Waals surface area contributed by atoms with Gasteiger partial charge >= 0.3 is 5.97 Å². The van der Waals surface area contributed by atoms with E-state index in [1.54, 1.807) is 48.8 Å². The van der Waals surface area contributed by atoms with Crippen LogP contribution in [0.1, 0.15) is 25.7 Å². The average molecular weight is 529 g/mol. The SMILES string of the molecule is O=C(CC1CC(CCCNc2ncc[nH]2)=NO1)NCC(NS(=O)(=O)c1cccc2ccccc12)C(=O)O. The number of benzene rings is 2. The summed E-state index contributed by atoms with van der Waals surface area (Å²) in [4.78, 5) is 36.5. The zero-order chi connectivity index (χ0) is 26.3. The fourth-order valence-electron chi connectivity index (χ4n) is 3.96. The van der Waals surface area contributed by atoms with Crippen molar-refractivity contribution in [2.75, 3.05) is 18.4 Å². The summed E-state index contributed by atoms with van der Waals surface area (Å²) >= 11 is 0. The van der Waals surface area contributed by atoms with Crippen molar-refractivity contribution in [2.24, 2.45) is 5.16 Å². The standard InChI is InChI=1S/C24H28N6O6S/c31-22(14-18-13-17(29-36-18)7-4-10-25-24-26-11-12-27-24)28-15-20(23(32)33)30-37(34,35)21-9-3-6-16-5-1-2-8-19(16)21/h1-3,5-6,8-9,11-12,18,20,30H,4,7,10,13-15H2,(H,28,31)(H,32,33)(H2,25,26,27). The third kappa shape index (κ3) is 7.05. The molecule has 1 amide bonds. The van der Waals surface area contributed by atoms with Gasteiger partial charge in [0.15, 0.2) is 5.95 Å². The van der Waals surface area contributed by atoms with Crippen LogP contribution in [0.2, 0.25) is 0 Å². The molecule has 2 aromatic carbocycles. The molecule has 0 bridgehead atoms. The maximum absolute atomic E-state index is 13.0. The van der Waals surface area contributed by atoms with Crippen LogP contribution in [-0.2, 0) is 24.4 Å². The predicted octanol–water partition coefficient (Wildman–Crippen LogP) is 1.84. The lowest BCUT2D eigenvalue weighted by Crippen LogP contribution is -2.48.